The molecular weight excluding hydrogens is 284 g/mol. The van der Waals surface area contributed by atoms with Gasteiger partial charge in [0.1, 0.15) is 0 Å². The van der Waals surface area contributed by atoms with Crippen molar-refractivity contribution < 1.29 is 14.7 Å². The van der Waals surface area contributed by atoms with Crippen LogP contribution in [0.2, 0.25) is 0 Å². The fourth-order valence-corrected chi connectivity index (χ4v) is 2.96. The molecular formula is C12H18N2O3S2. The number of urea groups is 1. The van der Waals surface area contributed by atoms with Crippen molar-refractivity contribution in [1.29, 1.82) is 0 Å². The van der Waals surface area contributed by atoms with Crippen LogP contribution in [-0.4, -0.2) is 35.7 Å². The third-order valence-corrected chi connectivity index (χ3v) is 4.25. The van der Waals surface area contributed by atoms with Gasteiger partial charge in [-0.05, 0) is 29.4 Å². The molecule has 0 aliphatic carbocycles. The molecule has 2 atom stereocenters. The number of carbonyl (C=O) groups excluding carboxylic acids is 1. The van der Waals surface area contributed by atoms with E-state index in [4.69, 9.17) is 5.11 Å². The molecule has 0 radical (unpaired) electrons. The van der Waals surface area contributed by atoms with E-state index in [0.717, 1.165) is 5.75 Å². The van der Waals surface area contributed by atoms with Gasteiger partial charge in [-0.15, -0.1) is 11.3 Å². The molecule has 3 N–H and O–H groups in total. The number of carbonyl (C=O) groups is 2. The van der Waals surface area contributed by atoms with Gasteiger partial charge in [-0.3, -0.25) is 0 Å². The lowest BCUT2D eigenvalue weighted by Crippen LogP contribution is -2.42. The lowest BCUT2D eigenvalue weighted by Gasteiger charge is -2.15. The molecule has 1 aromatic heterocycles. The number of carboxylic acids is 1. The average Bonchev–Trinajstić information content (AvgIpc) is 2.87. The molecule has 0 fully saturated rings. The first-order chi connectivity index (χ1) is 9.04. The van der Waals surface area contributed by atoms with Crippen LogP contribution in [0.4, 0.5) is 4.79 Å². The van der Waals surface area contributed by atoms with Crippen molar-refractivity contribution >= 4 is 35.1 Å². The standard InChI is InChI=1S/C12H18N2O3S2/c1-8(7-18-2)6-13-12(17)14-10(11(15)16)9-4-3-5-19-9/h3-5,8,10H,6-7H2,1-2H3,(H,15,16)(H2,13,14,17). The molecule has 1 heterocycles. The minimum atomic E-state index is -1.06. The van der Waals surface area contributed by atoms with Crippen molar-refractivity contribution in [3.8, 4) is 0 Å². The lowest BCUT2D eigenvalue weighted by atomic mass is 10.2. The second-order valence-corrected chi connectivity index (χ2v) is 6.09. The van der Waals surface area contributed by atoms with E-state index in [0.29, 0.717) is 17.3 Å². The van der Waals surface area contributed by atoms with Crippen LogP contribution < -0.4 is 10.6 Å². The topological polar surface area (TPSA) is 78.4 Å². The van der Waals surface area contributed by atoms with Crippen LogP contribution in [-0.2, 0) is 4.79 Å². The average molecular weight is 302 g/mol. The maximum Gasteiger partial charge on any atom is 0.331 e. The largest absolute Gasteiger partial charge is 0.479 e. The zero-order valence-electron chi connectivity index (χ0n) is 10.9. The second-order valence-electron chi connectivity index (χ2n) is 4.20. The minimum Gasteiger partial charge on any atom is -0.479 e. The van der Waals surface area contributed by atoms with E-state index in [1.807, 2.05) is 13.2 Å². The molecule has 0 saturated heterocycles. The molecule has 2 unspecified atom stereocenters. The number of aliphatic carboxylic acids is 1. The molecule has 0 aliphatic heterocycles. The van der Waals surface area contributed by atoms with E-state index in [1.54, 1.807) is 29.3 Å². The van der Waals surface area contributed by atoms with Gasteiger partial charge in [0.2, 0.25) is 0 Å². The van der Waals surface area contributed by atoms with Gasteiger partial charge in [0.05, 0.1) is 0 Å². The van der Waals surface area contributed by atoms with Crippen molar-refractivity contribution in [2.24, 2.45) is 5.92 Å². The summed E-state index contributed by atoms with van der Waals surface area (Å²) in [6, 6.07) is 2.01. The summed E-state index contributed by atoms with van der Waals surface area (Å²) in [5.74, 6) is 0.244. The summed E-state index contributed by atoms with van der Waals surface area (Å²) < 4.78 is 0. The summed E-state index contributed by atoms with van der Waals surface area (Å²) in [6.07, 6.45) is 2.01. The van der Waals surface area contributed by atoms with Crippen LogP contribution in [0.3, 0.4) is 0 Å². The molecule has 0 aliphatic rings. The predicted octanol–water partition coefficient (Wildman–Crippen LogP) is 2.17. The van der Waals surface area contributed by atoms with Crippen LogP contribution in [0.1, 0.15) is 17.8 Å². The van der Waals surface area contributed by atoms with E-state index >= 15 is 0 Å². The Kier molecular flexibility index (Phi) is 6.72. The summed E-state index contributed by atoms with van der Waals surface area (Å²) in [5, 5.41) is 16.1. The van der Waals surface area contributed by atoms with Crippen LogP contribution in [0.5, 0.6) is 0 Å². The van der Waals surface area contributed by atoms with Gasteiger partial charge in [0, 0.05) is 11.4 Å². The highest BCUT2D eigenvalue weighted by Gasteiger charge is 2.22. The Morgan fingerprint density at radius 2 is 2.26 bits per heavy atom. The summed E-state index contributed by atoms with van der Waals surface area (Å²) in [6.45, 7) is 2.56. The molecule has 1 rings (SSSR count). The van der Waals surface area contributed by atoms with E-state index in [9.17, 15) is 9.59 Å². The highest BCUT2D eigenvalue weighted by atomic mass is 32.2. The second kappa shape index (κ2) is 8.06. The van der Waals surface area contributed by atoms with Gasteiger partial charge in [0.15, 0.2) is 6.04 Å². The molecule has 5 nitrogen and oxygen atoms in total. The monoisotopic (exact) mass is 302 g/mol. The Bertz CT molecular complexity index is 409. The molecule has 106 valence electrons. The van der Waals surface area contributed by atoms with Gasteiger partial charge in [0.25, 0.3) is 0 Å². The minimum absolute atomic E-state index is 0.353. The number of rotatable bonds is 7. The Labute approximate surface area is 120 Å². The van der Waals surface area contributed by atoms with Crippen LogP contribution in [0.25, 0.3) is 0 Å². The van der Waals surface area contributed by atoms with E-state index in [-0.39, 0.29) is 0 Å². The summed E-state index contributed by atoms with van der Waals surface area (Å²) in [5.41, 5.74) is 0. The molecule has 1 aromatic rings. The quantitative estimate of drug-likeness (QED) is 0.721. The zero-order valence-corrected chi connectivity index (χ0v) is 12.5. The first kappa shape index (κ1) is 15.8. The molecule has 0 aromatic carbocycles. The SMILES string of the molecule is CSCC(C)CNC(=O)NC(C(=O)O)c1cccs1. The molecule has 19 heavy (non-hydrogen) atoms. The Morgan fingerprint density at radius 3 is 2.79 bits per heavy atom. The predicted molar refractivity (Wildman–Crippen MR) is 78.8 cm³/mol. The zero-order chi connectivity index (χ0) is 14.3. The lowest BCUT2D eigenvalue weighted by molar-refractivity contribution is -0.139. The number of nitrogens with one attached hydrogen (secondary N) is 2. The van der Waals surface area contributed by atoms with Gasteiger partial charge >= 0.3 is 12.0 Å². The molecule has 0 spiro atoms. The van der Waals surface area contributed by atoms with Gasteiger partial charge in [-0.25, -0.2) is 9.59 Å². The molecule has 7 heteroatoms. The first-order valence-corrected chi connectivity index (χ1v) is 8.11. The number of amides is 2. The number of hydrogen-bond donors (Lipinski definition) is 3. The van der Waals surface area contributed by atoms with Gasteiger partial charge < -0.3 is 15.7 Å². The van der Waals surface area contributed by atoms with Crippen molar-refractivity contribution in [1.82, 2.24) is 10.6 Å². The normalized spacial score (nSPS) is 13.6. The number of carboxylic acid groups (broad SMARTS) is 1. The third-order valence-electron chi connectivity index (χ3n) is 2.41. The Balaban J connectivity index is 2.47. The third kappa shape index (κ3) is 5.52. The number of thiophene rings is 1. The summed E-state index contributed by atoms with van der Waals surface area (Å²) >= 11 is 3.02. The Hall–Kier alpha value is -1.21. The van der Waals surface area contributed by atoms with Crippen molar-refractivity contribution in [3.05, 3.63) is 22.4 Å². The Morgan fingerprint density at radius 1 is 1.53 bits per heavy atom. The summed E-state index contributed by atoms with van der Waals surface area (Å²) in [7, 11) is 0. The molecule has 2 amide bonds. The van der Waals surface area contributed by atoms with E-state index < -0.39 is 18.0 Å². The smallest absolute Gasteiger partial charge is 0.331 e. The highest BCUT2D eigenvalue weighted by Crippen LogP contribution is 2.18. The van der Waals surface area contributed by atoms with Crippen LogP contribution in [0.15, 0.2) is 17.5 Å². The molecule has 0 saturated carbocycles. The van der Waals surface area contributed by atoms with E-state index in [2.05, 4.69) is 10.6 Å². The van der Waals surface area contributed by atoms with E-state index in [1.165, 1.54) is 11.3 Å². The van der Waals surface area contributed by atoms with Crippen LogP contribution in [0, 0.1) is 5.92 Å². The van der Waals surface area contributed by atoms with Crippen molar-refractivity contribution in [2.75, 3.05) is 18.6 Å². The fourth-order valence-electron chi connectivity index (χ4n) is 1.50. The van der Waals surface area contributed by atoms with Gasteiger partial charge in [-0.2, -0.15) is 11.8 Å². The maximum atomic E-state index is 11.7. The molecule has 0 bridgehead atoms. The fraction of sp³-hybridized carbons (Fsp3) is 0.500. The first-order valence-electron chi connectivity index (χ1n) is 5.84. The van der Waals surface area contributed by atoms with Crippen molar-refractivity contribution in [2.45, 2.75) is 13.0 Å². The summed E-state index contributed by atoms with van der Waals surface area (Å²) in [4.78, 5) is 23.4. The highest BCUT2D eigenvalue weighted by molar-refractivity contribution is 7.98. The number of thioether (sulfide) groups is 1. The van der Waals surface area contributed by atoms with Crippen molar-refractivity contribution in [3.63, 3.8) is 0 Å². The van der Waals surface area contributed by atoms with Crippen LogP contribution >= 0.6 is 23.1 Å². The number of hydrogen-bond acceptors (Lipinski definition) is 4. The van der Waals surface area contributed by atoms with Gasteiger partial charge in [-0.1, -0.05) is 13.0 Å². The maximum absolute atomic E-state index is 11.7.